The molecule has 1 unspecified atom stereocenters. The molecule has 0 saturated carbocycles. The molecule has 1 aliphatic heterocycles. The molecule has 7 nitrogen and oxygen atoms in total. The number of hydrogen-bond acceptors (Lipinski definition) is 6. The molecule has 3 heterocycles. The molecule has 1 amide bonds. The van der Waals surface area contributed by atoms with Gasteiger partial charge in [-0.1, -0.05) is 26.0 Å². The third-order valence-electron chi connectivity index (χ3n) is 7.14. The van der Waals surface area contributed by atoms with E-state index in [2.05, 4.69) is 18.8 Å². The predicted octanol–water partition coefficient (Wildman–Crippen LogP) is 6.69. The third kappa shape index (κ3) is 4.89. The zero-order valence-electron chi connectivity index (χ0n) is 23.3. The van der Waals surface area contributed by atoms with Crippen LogP contribution >= 0.6 is 0 Å². The zero-order chi connectivity index (χ0) is 27.8. The monoisotopic (exact) mass is 526 g/mol. The number of aryl methyl sites for hydroxylation is 3. The highest BCUT2D eigenvalue weighted by Crippen LogP contribution is 2.43. The zero-order valence-corrected chi connectivity index (χ0v) is 23.3. The van der Waals surface area contributed by atoms with Crippen LogP contribution < -0.4 is 19.8 Å². The molecule has 0 bridgehead atoms. The van der Waals surface area contributed by atoms with Crippen molar-refractivity contribution >= 4 is 22.7 Å². The number of pyridine rings is 1. The number of nitrogens with zero attached hydrogens (tertiary/aromatic N) is 2. The maximum Gasteiger partial charge on any atom is 0.296 e. The van der Waals surface area contributed by atoms with Crippen molar-refractivity contribution in [3.8, 4) is 11.5 Å². The van der Waals surface area contributed by atoms with Crippen LogP contribution in [0, 0.1) is 26.7 Å². The Labute approximate surface area is 228 Å². The largest absolute Gasteiger partial charge is 0.490 e. The van der Waals surface area contributed by atoms with Gasteiger partial charge in [-0.05, 0) is 93.1 Å². The predicted molar refractivity (Wildman–Crippen MR) is 152 cm³/mol. The molecule has 4 aromatic rings. The standard InChI is InChI=1S/C32H34N2O5/c1-7-37-26-17-22(11-12-24(26)38-14-13-18(2)3)29-28-30(35)23-15-19(4)20(5)16-25(23)39-31(28)32(36)34(29)27-10-8-9-21(6)33-27/h8-12,15-18,29H,7,13-14H2,1-6H3. The van der Waals surface area contributed by atoms with Gasteiger partial charge in [0.25, 0.3) is 5.91 Å². The maximum atomic E-state index is 14.0. The number of aromatic nitrogens is 1. The lowest BCUT2D eigenvalue weighted by Crippen LogP contribution is -2.30. The van der Waals surface area contributed by atoms with Gasteiger partial charge in [-0.15, -0.1) is 0 Å². The number of carbonyl (C=O) groups is 1. The molecule has 202 valence electrons. The fourth-order valence-electron chi connectivity index (χ4n) is 4.93. The molecule has 2 aromatic carbocycles. The first kappa shape index (κ1) is 26.5. The minimum Gasteiger partial charge on any atom is -0.490 e. The Kier molecular flexibility index (Phi) is 7.17. The summed E-state index contributed by atoms with van der Waals surface area (Å²) in [7, 11) is 0. The summed E-state index contributed by atoms with van der Waals surface area (Å²) in [6.07, 6.45) is 0.914. The fraction of sp³-hybridized carbons (Fsp3) is 0.344. The Hall–Kier alpha value is -4.13. The van der Waals surface area contributed by atoms with Crippen LogP contribution in [0.1, 0.15) is 71.7 Å². The van der Waals surface area contributed by atoms with E-state index in [1.54, 1.807) is 11.0 Å². The highest BCUT2D eigenvalue weighted by atomic mass is 16.5. The molecular formula is C32H34N2O5. The van der Waals surface area contributed by atoms with Crippen LogP contribution in [-0.2, 0) is 0 Å². The molecule has 39 heavy (non-hydrogen) atoms. The molecule has 0 fully saturated rings. The smallest absolute Gasteiger partial charge is 0.296 e. The Balaban J connectivity index is 1.71. The molecular weight excluding hydrogens is 492 g/mol. The van der Waals surface area contributed by atoms with Gasteiger partial charge in [-0.25, -0.2) is 4.98 Å². The van der Waals surface area contributed by atoms with E-state index in [0.717, 1.165) is 23.2 Å². The first-order chi connectivity index (χ1) is 18.7. The first-order valence-electron chi connectivity index (χ1n) is 13.4. The fourth-order valence-corrected chi connectivity index (χ4v) is 4.93. The van der Waals surface area contributed by atoms with E-state index in [-0.39, 0.29) is 11.2 Å². The van der Waals surface area contributed by atoms with E-state index in [9.17, 15) is 9.59 Å². The van der Waals surface area contributed by atoms with Crippen LogP contribution in [0.4, 0.5) is 5.82 Å². The minimum atomic E-state index is -0.743. The van der Waals surface area contributed by atoms with Gasteiger partial charge >= 0.3 is 0 Å². The van der Waals surface area contributed by atoms with Crippen LogP contribution in [0.25, 0.3) is 11.0 Å². The first-order valence-corrected chi connectivity index (χ1v) is 13.4. The number of rotatable bonds is 8. The van der Waals surface area contributed by atoms with Crippen LogP contribution in [0.5, 0.6) is 11.5 Å². The molecule has 0 spiro atoms. The summed E-state index contributed by atoms with van der Waals surface area (Å²) in [6.45, 7) is 13.0. The molecule has 7 heteroatoms. The summed E-state index contributed by atoms with van der Waals surface area (Å²) >= 11 is 0. The third-order valence-corrected chi connectivity index (χ3v) is 7.14. The lowest BCUT2D eigenvalue weighted by atomic mass is 9.97. The number of ether oxygens (including phenoxy) is 2. The van der Waals surface area contributed by atoms with E-state index in [1.165, 1.54) is 0 Å². The second-order valence-corrected chi connectivity index (χ2v) is 10.5. The summed E-state index contributed by atoms with van der Waals surface area (Å²) in [4.78, 5) is 34.1. The van der Waals surface area contributed by atoms with Crippen molar-refractivity contribution in [1.29, 1.82) is 0 Å². The normalized spacial score (nSPS) is 14.8. The average Bonchev–Trinajstić information content (AvgIpc) is 3.18. The van der Waals surface area contributed by atoms with E-state index in [1.807, 2.05) is 70.2 Å². The summed E-state index contributed by atoms with van der Waals surface area (Å²) in [5.74, 6) is 1.79. The highest BCUT2D eigenvalue weighted by Gasteiger charge is 2.44. The van der Waals surface area contributed by atoms with E-state index in [4.69, 9.17) is 13.9 Å². The minimum absolute atomic E-state index is 0.0410. The number of anilines is 1. The van der Waals surface area contributed by atoms with Gasteiger partial charge in [0, 0.05) is 5.69 Å². The van der Waals surface area contributed by atoms with Gasteiger partial charge in [-0.2, -0.15) is 0 Å². The number of carbonyl (C=O) groups excluding carboxylic acids is 1. The molecule has 1 atom stereocenters. The van der Waals surface area contributed by atoms with Crippen molar-refractivity contribution in [2.45, 2.75) is 54.0 Å². The molecule has 0 N–H and O–H groups in total. The Morgan fingerprint density at radius 2 is 1.74 bits per heavy atom. The van der Waals surface area contributed by atoms with Crippen molar-refractivity contribution in [2.75, 3.05) is 18.1 Å². The summed E-state index contributed by atoms with van der Waals surface area (Å²) in [5, 5.41) is 0.451. The van der Waals surface area contributed by atoms with Crippen molar-refractivity contribution < 1.29 is 18.7 Å². The van der Waals surface area contributed by atoms with Crippen LogP contribution in [0.3, 0.4) is 0 Å². The quantitative estimate of drug-likeness (QED) is 0.255. The van der Waals surface area contributed by atoms with Gasteiger partial charge in [0.1, 0.15) is 11.4 Å². The lowest BCUT2D eigenvalue weighted by Gasteiger charge is -2.25. The summed E-state index contributed by atoms with van der Waals surface area (Å²) < 4.78 is 18.2. The molecule has 0 saturated heterocycles. The molecule has 1 aliphatic rings. The van der Waals surface area contributed by atoms with Crippen molar-refractivity contribution in [1.82, 2.24) is 4.98 Å². The van der Waals surface area contributed by atoms with Crippen molar-refractivity contribution in [3.05, 3.63) is 92.5 Å². The second-order valence-electron chi connectivity index (χ2n) is 10.5. The Morgan fingerprint density at radius 3 is 2.46 bits per heavy atom. The van der Waals surface area contributed by atoms with Gasteiger partial charge in [0.15, 0.2) is 16.9 Å². The Bertz CT molecular complexity index is 1620. The number of amides is 1. The lowest BCUT2D eigenvalue weighted by molar-refractivity contribution is 0.0970. The van der Waals surface area contributed by atoms with Crippen LogP contribution in [0.2, 0.25) is 0 Å². The van der Waals surface area contributed by atoms with Crippen LogP contribution in [0.15, 0.2) is 57.7 Å². The highest BCUT2D eigenvalue weighted by molar-refractivity contribution is 6.10. The Morgan fingerprint density at radius 1 is 0.974 bits per heavy atom. The van der Waals surface area contributed by atoms with Gasteiger partial charge in [0.2, 0.25) is 5.76 Å². The topological polar surface area (TPSA) is 81.9 Å². The van der Waals surface area contributed by atoms with Crippen molar-refractivity contribution in [2.24, 2.45) is 5.92 Å². The number of fused-ring (bicyclic) bond motifs is 2. The number of hydrogen-bond donors (Lipinski definition) is 0. The second kappa shape index (κ2) is 10.6. The summed E-state index contributed by atoms with van der Waals surface area (Å²) in [6, 6.07) is 14.0. The van der Waals surface area contributed by atoms with Gasteiger partial charge in [-0.3, -0.25) is 14.5 Å². The summed E-state index contributed by atoms with van der Waals surface area (Å²) in [5.41, 5.74) is 3.91. The molecule has 2 aromatic heterocycles. The van der Waals surface area contributed by atoms with E-state index in [0.29, 0.717) is 58.5 Å². The SMILES string of the molecule is CCOc1cc(C2c3c(oc4cc(C)c(C)cc4c3=O)C(=O)N2c2cccc(C)n2)ccc1OCCC(C)C. The molecule has 0 aliphatic carbocycles. The van der Waals surface area contributed by atoms with Gasteiger partial charge in [0.05, 0.1) is 30.2 Å². The molecule has 5 rings (SSSR count). The van der Waals surface area contributed by atoms with E-state index < -0.39 is 11.9 Å². The van der Waals surface area contributed by atoms with Crippen molar-refractivity contribution in [3.63, 3.8) is 0 Å². The number of benzene rings is 2. The van der Waals surface area contributed by atoms with Gasteiger partial charge < -0.3 is 13.9 Å². The average molecular weight is 527 g/mol. The maximum absolute atomic E-state index is 14.0. The van der Waals surface area contributed by atoms with Crippen LogP contribution in [-0.4, -0.2) is 24.1 Å². The van der Waals surface area contributed by atoms with E-state index >= 15 is 0 Å². The molecule has 0 radical (unpaired) electrons.